The Hall–Kier alpha value is -0.910. The molecule has 1 aliphatic rings. The van der Waals surface area contributed by atoms with Crippen molar-refractivity contribution < 1.29 is 4.74 Å². The zero-order chi connectivity index (χ0) is 13.0. The lowest BCUT2D eigenvalue weighted by molar-refractivity contribution is 0.112. The Labute approximate surface area is 109 Å². The molecule has 1 unspecified atom stereocenters. The number of aromatic nitrogens is 2. The molecule has 5 heteroatoms. The predicted molar refractivity (Wildman–Crippen MR) is 71.5 cm³/mol. The topological polar surface area (TPSA) is 44.4 Å². The van der Waals surface area contributed by atoms with Crippen LogP contribution in [-0.4, -0.2) is 66.7 Å². The van der Waals surface area contributed by atoms with Gasteiger partial charge in [0, 0.05) is 37.4 Å². The summed E-state index contributed by atoms with van der Waals surface area (Å²) < 4.78 is 5.68. The van der Waals surface area contributed by atoms with Gasteiger partial charge in [0.2, 0.25) is 0 Å². The Kier molecular flexibility index (Phi) is 4.74. The van der Waals surface area contributed by atoms with Crippen LogP contribution in [0.2, 0.25) is 0 Å². The molecule has 0 radical (unpaired) electrons. The van der Waals surface area contributed by atoms with Crippen molar-refractivity contribution >= 4 is 0 Å². The van der Waals surface area contributed by atoms with Crippen LogP contribution in [0.25, 0.3) is 0 Å². The van der Waals surface area contributed by atoms with Gasteiger partial charge in [-0.3, -0.25) is 4.90 Å². The van der Waals surface area contributed by atoms with Crippen LogP contribution < -0.4 is 0 Å². The first kappa shape index (κ1) is 13.5. The maximum Gasteiger partial charge on any atom is 0.120 e. The van der Waals surface area contributed by atoms with Crippen molar-refractivity contribution in [3.8, 4) is 0 Å². The highest BCUT2D eigenvalue weighted by atomic mass is 16.5. The first-order valence-electron chi connectivity index (χ1n) is 6.59. The van der Waals surface area contributed by atoms with E-state index in [0.717, 1.165) is 50.9 Å². The van der Waals surface area contributed by atoms with E-state index >= 15 is 0 Å². The molecule has 1 atom stereocenters. The monoisotopic (exact) mass is 252 g/mol. The number of H-pyrrole nitrogens is 1. The zero-order valence-electron chi connectivity index (χ0n) is 11.6. The van der Waals surface area contributed by atoms with E-state index in [-0.39, 0.29) is 0 Å². The van der Waals surface area contributed by atoms with Gasteiger partial charge in [-0.25, -0.2) is 4.98 Å². The molecule has 2 rings (SSSR count). The van der Waals surface area contributed by atoms with Gasteiger partial charge in [0.05, 0.1) is 19.8 Å². The molecule has 0 saturated carbocycles. The molecule has 0 amide bonds. The van der Waals surface area contributed by atoms with Gasteiger partial charge in [-0.15, -0.1) is 0 Å². The molecule has 0 aromatic carbocycles. The molecule has 1 N–H and O–H groups in total. The van der Waals surface area contributed by atoms with Crippen LogP contribution in [0.3, 0.4) is 0 Å². The summed E-state index contributed by atoms with van der Waals surface area (Å²) >= 11 is 0. The molecular formula is C13H24N4O. The summed E-state index contributed by atoms with van der Waals surface area (Å²) in [6, 6.07) is 0. The molecular weight excluding hydrogens is 228 g/mol. The van der Waals surface area contributed by atoms with Gasteiger partial charge in [-0.2, -0.15) is 0 Å². The van der Waals surface area contributed by atoms with Gasteiger partial charge >= 0.3 is 0 Å². The van der Waals surface area contributed by atoms with Crippen LogP contribution in [0, 0.1) is 12.8 Å². The predicted octanol–water partition coefficient (Wildman–Crippen LogP) is 0.728. The summed E-state index contributed by atoms with van der Waals surface area (Å²) in [6.07, 6.45) is 1.89. The Bertz CT molecular complexity index is 364. The Morgan fingerprint density at radius 3 is 3.06 bits per heavy atom. The van der Waals surface area contributed by atoms with E-state index in [4.69, 9.17) is 4.74 Å². The van der Waals surface area contributed by atoms with Crippen molar-refractivity contribution in [2.45, 2.75) is 13.5 Å². The van der Waals surface area contributed by atoms with Crippen LogP contribution in [-0.2, 0) is 11.3 Å². The Morgan fingerprint density at radius 2 is 2.39 bits per heavy atom. The minimum atomic E-state index is 0.582. The molecule has 102 valence electrons. The molecule has 18 heavy (non-hydrogen) atoms. The number of imidazole rings is 1. The minimum absolute atomic E-state index is 0.582. The first-order chi connectivity index (χ1) is 8.63. The van der Waals surface area contributed by atoms with E-state index in [1.807, 2.05) is 13.1 Å². The summed E-state index contributed by atoms with van der Waals surface area (Å²) in [5.41, 5.74) is 1.13. The molecule has 0 spiro atoms. The smallest absolute Gasteiger partial charge is 0.120 e. The minimum Gasteiger partial charge on any atom is -0.380 e. The number of hydrogen-bond acceptors (Lipinski definition) is 4. The highest BCUT2D eigenvalue weighted by Gasteiger charge is 2.19. The number of nitrogens with zero attached hydrogens (tertiary/aromatic N) is 3. The van der Waals surface area contributed by atoms with E-state index in [1.54, 1.807) is 0 Å². The van der Waals surface area contributed by atoms with Crippen LogP contribution in [0.1, 0.15) is 11.5 Å². The quantitative estimate of drug-likeness (QED) is 0.858. The van der Waals surface area contributed by atoms with Gasteiger partial charge in [0.15, 0.2) is 0 Å². The van der Waals surface area contributed by atoms with E-state index in [1.165, 1.54) is 0 Å². The fourth-order valence-corrected chi connectivity index (χ4v) is 2.48. The maximum atomic E-state index is 5.68. The van der Waals surface area contributed by atoms with Crippen molar-refractivity contribution in [2.75, 3.05) is 46.9 Å². The fraction of sp³-hybridized carbons (Fsp3) is 0.769. The summed E-state index contributed by atoms with van der Waals surface area (Å²) in [5.74, 6) is 1.64. The van der Waals surface area contributed by atoms with E-state index < -0.39 is 0 Å². The van der Waals surface area contributed by atoms with Gasteiger partial charge in [-0.05, 0) is 21.0 Å². The highest BCUT2D eigenvalue weighted by molar-refractivity contribution is 4.98. The summed E-state index contributed by atoms with van der Waals surface area (Å²) in [6.45, 7) is 7.77. The number of aromatic amines is 1. The van der Waals surface area contributed by atoms with Crippen molar-refractivity contribution in [1.82, 2.24) is 19.8 Å². The molecule has 0 bridgehead atoms. The molecule has 1 aromatic heterocycles. The van der Waals surface area contributed by atoms with E-state index in [9.17, 15) is 0 Å². The van der Waals surface area contributed by atoms with Gasteiger partial charge < -0.3 is 14.6 Å². The summed E-state index contributed by atoms with van der Waals surface area (Å²) in [4.78, 5) is 12.3. The lowest BCUT2D eigenvalue weighted by Gasteiger charge is -2.24. The number of ether oxygens (including phenoxy) is 1. The highest BCUT2D eigenvalue weighted by Crippen LogP contribution is 2.10. The van der Waals surface area contributed by atoms with Crippen LogP contribution >= 0.6 is 0 Å². The van der Waals surface area contributed by atoms with Crippen molar-refractivity contribution in [1.29, 1.82) is 0 Å². The third-order valence-corrected chi connectivity index (χ3v) is 3.17. The van der Waals surface area contributed by atoms with Crippen LogP contribution in [0.15, 0.2) is 6.20 Å². The Morgan fingerprint density at radius 1 is 1.56 bits per heavy atom. The molecule has 2 heterocycles. The number of aryl methyl sites for hydroxylation is 1. The summed E-state index contributed by atoms with van der Waals surface area (Å²) in [7, 11) is 4.23. The first-order valence-corrected chi connectivity index (χ1v) is 6.59. The van der Waals surface area contributed by atoms with Gasteiger partial charge in [0.25, 0.3) is 0 Å². The summed E-state index contributed by atoms with van der Waals surface area (Å²) in [5, 5.41) is 0. The van der Waals surface area contributed by atoms with Crippen molar-refractivity contribution in [3.63, 3.8) is 0 Å². The molecule has 1 aromatic rings. The molecule has 0 aliphatic carbocycles. The molecule has 5 nitrogen and oxygen atoms in total. The SMILES string of the molecule is Cc1cnc(CN2CCOCC(CN(C)C)C2)[nH]1. The Balaban J connectivity index is 1.90. The number of nitrogens with one attached hydrogen (secondary N) is 1. The van der Waals surface area contributed by atoms with Crippen LogP contribution in [0.4, 0.5) is 0 Å². The molecule has 1 aliphatic heterocycles. The third-order valence-electron chi connectivity index (χ3n) is 3.17. The maximum absolute atomic E-state index is 5.68. The molecule has 1 saturated heterocycles. The lowest BCUT2D eigenvalue weighted by atomic mass is 10.1. The second-order valence-corrected chi connectivity index (χ2v) is 5.45. The standard InChI is InChI=1S/C13H24N4O/c1-11-6-14-13(15-11)9-17-4-5-18-10-12(8-17)7-16(2)3/h6,12H,4-5,7-10H2,1-3H3,(H,14,15). The van der Waals surface area contributed by atoms with Crippen molar-refractivity contribution in [2.24, 2.45) is 5.92 Å². The van der Waals surface area contributed by atoms with Crippen molar-refractivity contribution in [3.05, 3.63) is 17.7 Å². The van der Waals surface area contributed by atoms with Gasteiger partial charge in [0.1, 0.15) is 5.82 Å². The van der Waals surface area contributed by atoms with Gasteiger partial charge in [-0.1, -0.05) is 0 Å². The lowest BCUT2D eigenvalue weighted by Crippen LogP contribution is -2.34. The normalized spacial score (nSPS) is 22.3. The average molecular weight is 252 g/mol. The largest absolute Gasteiger partial charge is 0.380 e. The van der Waals surface area contributed by atoms with E-state index in [2.05, 4.69) is 33.9 Å². The fourth-order valence-electron chi connectivity index (χ4n) is 2.48. The number of rotatable bonds is 4. The molecule has 1 fully saturated rings. The third kappa shape index (κ3) is 4.08. The zero-order valence-corrected chi connectivity index (χ0v) is 11.6. The van der Waals surface area contributed by atoms with Crippen LogP contribution in [0.5, 0.6) is 0 Å². The van der Waals surface area contributed by atoms with E-state index in [0.29, 0.717) is 5.92 Å². The second-order valence-electron chi connectivity index (χ2n) is 5.45. The second kappa shape index (κ2) is 6.31. The number of hydrogen-bond donors (Lipinski definition) is 1. The average Bonchev–Trinajstić information content (AvgIpc) is 2.56.